The van der Waals surface area contributed by atoms with Crippen molar-refractivity contribution in [1.29, 1.82) is 0 Å². The molecule has 1 saturated heterocycles. The standard InChI is InChI=1S/C23H26N2O3/c1-5-25-22(27)20(21(26)24-18-12-14(2)10-11-15(18)3)17-13-23(25,4)28-19-9-7-6-8-16(17)19/h6-12,17,20H,5,13H2,1-4H3,(H,24,26). The normalized spacial score (nSPS) is 25.7. The molecule has 5 heteroatoms. The molecule has 2 aromatic rings. The van der Waals surface area contributed by atoms with Crippen molar-refractivity contribution in [3.63, 3.8) is 0 Å². The van der Waals surface area contributed by atoms with Crippen LogP contribution in [0.1, 0.15) is 42.9 Å². The number of piperidine rings is 1. The second kappa shape index (κ2) is 6.66. The van der Waals surface area contributed by atoms with Crippen LogP contribution in [0.2, 0.25) is 0 Å². The molecule has 3 atom stereocenters. The summed E-state index contributed by atoms with van der Waals surface area (Å²) in [5.74, 6) is -0.621. The van der Waals surface area contributed by atoms with Crippen molar-refractivity contribution in [3.8, 4) is 5.75 Å². The summed E-state index contributed by atoms with van der Waals surface area (Å²) in [6.07, 6.45) is 0.606. The van der Waals surface area contributed by atoms with Gasteiger partial charge in [-0.3, -0.25) is 9.59 Å². The molecule has 2 aliphatic heterocycles. The van der Waals surface area contributed by atoms with Gasteiger partial charge in [-0.05, 0) is 56.5 Å². The fourth-order valence-electron chi connectivity index (χ4n) is 4.58. The predicted octanol–water partition coefficient (Wildman–Crippen LogP) is 4.00. The second-order valence-electron chi connectivity index (χ2n) is 7.99. The van der Waals surface area contributed by atoms with Gasteiger partial charge in [-0.1, -0.05) is 30.3 Å². The monoisotopic (exact) mass is 378 g/mol. The van der Waals surface area contributed by atoms with E-state index in [0.29, 0.717) is 13.0 Å². The van der Waals surface area contributed by atoms with E-state index in [0.717, 1.165) is 28.1 Å². The summed E-state index contributed by atoms with van der Waals surface area (Å²) >= 11 is 0. The highest BCUT2D eigenvalue weighted by atomic mass is 16.5. The van der Waals surface area contributed by atoms with Crippen molar-refractivity contribution < 1.29 is 14.3 Å². The molecule has 1 fully saturated rings. The van der Waals surface area contributed by atoms with E-state index < -0.39 is 11.6 Å². The molecule has 4 rings (SSSR count). The van der Waals surface area contributed by atoms with Gasteiger partial charge in [-0.25, -0.2) is 0 Å². The van der Waals surface area contributed by atoms with Crippen LogP contribution in [0.15, 0.2) is 42.5 Å². The van der Waals surface area contributed by atoms with E-state index >= 15 is 0 Å². The first kappa shape index (κ1) is 18.5. The Morgan fingerprint density at radius 2 is 2.00 bits per heavy atom. The number of anilines is 1. The van der Waals surface area contributed by atoms with Crippen LogP contribution in [-0.2, 0) is 9.59 Å². The molecule has 0 saturated carbocycles. The molecule has 2 aromatic carbocycles. The van der Waals surface area contributed by atoms with Gasteiger partial charge >= 0.3 is 0 Å². The first-order valence-electron chi connectivity index (χ1n) is 9.81. The second-order valence-corrected chi connectivity index (χ2v) is 7.99. The highest BCUT2D eigenvalue weighted by Gasteiger charge is 2.55. The molecular formula is C23H26N2O3. The topological polar surface area (TPSA) is 58.6 Å². The molecule has 0 spiro atoms. The number of carbonyl (C=O) groups is 2. The third-order valence-electron chi connectivity index (χ3n) is 6.00. The van der Waals surface area contributed by atoms with Crippen LogP contribution < -0.4 is 10.1 Å². The van der Waals surface area contributed by atoms with Crippen LogP contribution in [-0.4, -0.2) is 29.0 Å². The Morgan fingerprint density at radius 1 is 1.25 bits per heavy atom. The molecule has 2 amide bonds. The number of nitrogens with zero attached hydrogens (tertiary/aromatic N) is 1. The fraction of sp³-hybridized carbons (Fsp3) is 0.391. The first-order chi connectivity index (χ1) is 13.3. The Kier molecular flexibility index (Phi) is 4.41. The van der Waals surface area contributed by atoms with Crippen molar-refractivity contribution in [2.24, 2.45) is 5.92 Å². The number of aryl methyl sites for hydroxylation is 2. The highest BCUT2D eigenvalue weighted by Crippen LogP contribution is 2.50. The predicted molar refractivity (Wildman–Crippen MR) is 108 cm³/mol. The van der Waals surface area contributed by atoms with E-state index in [1.165, 1.54) is 0 Å². The van der Waals surface area contributed by atoms with Crippen LogP contribution >= 0.6 is 0 Å². The molecule has 3 unspecified atom stereocenters. The number of nitrogens with one attached hydrogen (secondary N) is 1. The lowest BCUT2D eigenvalue weighted by Gasteiger charge is -2.52. The minimum Gasteiger partial charge on any atom is -0.468 e. The van der Waals surface area contributed by atoms with Gasteiger partial charge in [0.05, 0.1) is 0 Å². The lowest BCUT2D eigenvalue weighted by Crippen LogP contribution is -2.64. The molecule has 2 aliphatic rings. The number of fused-ring (bicyclic) bond motifs is 4. The van der Waals surface area contributed by atoms with Crippen molar-refractivity contribution in [3.05, 3.63) is 59.2 Å². The summed E-state index contributed by atoms with van der Waals surface area (Å²) in [6, 6.07) is 13.7. The molecular weight excluding hydrogens is 352 g/mol. The number of hydrogen-bond donors (Lipinski definition) is 1. The Balaban J connectivity index is 1.74. The largest absolute Gasteiger partial charge is 0.468 e. The maximum absolute atomic E-state index is 13.4. The van der Waals surface area contributed by atoms with Crippen LogP contribution in [0.4, 0.5) is 5.69 Å². The van der Waals surface area contributed by atoms with Gasteiger partial charge in [0.2, 0.25) is 11.8 Å². The maximum atomic E-state index is 13.4. The van der Waals surface area contributed by atoms with Gasteiger partial charge in [0.15, 0.2) is 5.72 Å². The zero-order chi connectivity index (χ0) is 20.1. The van der Waals surface area contributed by atoms with Gasteiger partial charge in [0, 0.05) is 24.6 Å². The summed E-state index contributed by atoms with van der Waals surface area (Å²) in [5.41, 5.74) is 3.02. The number of carbonyl (C=O) groups excluding carboxylic acids is 2. The first-order valence-corrected chi connectivity index (χ1v) is 9.81. The lowest BCUT2D eigenvalue weighted by molar-refractivity contribution is -0.174. The van der Waals surface area contributed by atoms with E-state index in [1.54, 1.807) is 4.90 Å². The van der Waals surface area contributed by atoms with Gasteiger partial charge in [-0.2, -0.15) is 0 Å². The van der Waals surface area contributed by atoms with Crippen molar-refractivity contribution in [2.75, 3.05) is 11.9 Å². The minimum atomic E-state index is -0.766. The Labute approximate surface area is 165 Å². The van der Waals surface area contributed by atoms with E-state index in [2.05, 4.69) is 5.32 Å². The van der Waals surface area contributed by atoms with Crippen molar-refractivity contribution in [2.45, 2.75) is 45.8 Å². The lowest BCUT2D eigenvalue weighted by atomic mass is 9.73. The number of hydrogen-bond acceptors (Lipinski definition) is 3. The van der Waals surface area contributed by atoms with Crippen LogP contribution in [0, 0.1) is 19.8 Å². The van der Waals surface area contributed by atoms with Crippen LogP contribution in [0.25, 0.3) is 0 Å². The summed E-state index contributed by atoms with van der Waals surface area (Å²) in [6.45, 7) is 8.30. The van der Waals surface area contributed by atoms with Crippen LogP contribution in [0.3, 0.4) is 0 Å². The van der Waals surface area contributed by atoms with E-state index in [1.807, 2.05) is 70.2 Å². The average molecular weight is 378 g/mol. The van der Waals surface area contributed by atoms with Gasteiger partial charge in [0.25, 0.3) is 0 Å². The molecule has 2 heterocycles. The van der Waals surface area contributed by atoms with Gasteiger partial charge < -0.3 is 15.0 Å². The van der Waals surface area contributed by atoms with Gasteiger partial charge in [-0.15, -0.1) is 0 Å². The summed E-state index contributed by atoms with van der Waals surface area (Å²) in [5, 5.41) is 3.02. The number of rotatable bonds is 3. The molecule has 0 radical (unpaired) electrons. The Hall–Kier alpha value is -2.82. The highest BCUT2D eigenvalue weighted by molar-refractivity contribution is 6.08. The molecule has 28 heavy (non-hydrogen) atoms. The maximum Gasteiger partial charge on any atom is 0.238 e. The Morgan fingerprint density at radius 3 is 2.75 bits per heavy atom. The molecule has 0 aromatic heterocycles. The third kappa shape index (κ3) is 2.86. The summed E-state index contributed by atoms with van der Waals surface area (Å²) in [4.78, 5) is 28.4. The molecule has 146 valence electrons. The molecule has 1 N–H and O–H groups in total. The third-order valence-corrected chi connectivity index (χ3v) is 6.00. The SMILES string of the molecule is CCN1C(=O)C(C(=O)Nc2cc(C)ccc2C)C2CC1(C)Oc1ccccc12. The number of ether oxygens (including phenoxy) is 1. The fourth-order valence-corrected chi connectivity index (χ4v) is 4.58. The van der Waals surface area contributed by atoms with Crippen molar-refractivity contribution >= 4 is 17.5 Å². The van der Waals surface area contributed by atoms with Gasteiger partial charge in [0.1, 0.15) is 11.7 Å². The smallest absolute Gasteiger partial charge is 0.238 e. The summed E-state index contributed by atoms with van der Waals surface area (Å²) < 4.78 is 6.22. The molecule has 5 nitrogen and oxygen atoms in total. The molecule has 2 bridgehead atoms. The number of likely N-dealkylation sites (tertiary alicyclic amines) is 1. The van der Waals surface area contributed by atoms with E-state index in [9.17, 15) is 9.59 Å². The number of benzene rings is 2. The number of amides is 2. The minimum absolute atomic E-state index is 0.168. The van der Waals surface area contributed by atoms with Crippen molar-refractivity contribution in [1.82, 2.24) is 4.90 Å². The Bertz CT molecular complexity index is 955. The van der Waals surface area contributed by atoms with Crippen LogP contribution in [0.5, 0.6) is 5.75 Å². The van der Waals surface area contributed by atoms with E-state index in [4.69, 9.17) is 4.74 Å². The summed E-state index contributed by atoms with van der Waals surface area (Å²) in [7, 11) is 0. The average Bonchev–Trinajstić information content (AvgIpc) is 2.64. The molecule has 0 aliphatic carbocycles. The van der Waals surface area contributed by atoms with E-state index in [-0.39, 0.29) is 17.7 Å². The zero-order valence-electron chi connectivity index (χ0n) is 16.8. The number of para-hydroxylation sites is 1. The quantitative estimate of drug-likeness (QED) is 0.821. The zero-order valence-corrected chi connectivity index (χ0v) is 16.8.